The second kappa shape index (κ2) is 7.11. The summed E-state index contributed by atoms with van der Waals surface area (Å²) in [6.45, 7) is 1.97. The van der Waals surface area contributed by atoms with E-state index in [0.29, 0.717) is 18.2 Å². The summed E-state index contributed by atoms with van der Waals surface area (Å²) in [6.07, 6.45) is 4.13. The smallest absolute Gasteiger partial charge is 0.124 e. The van der Waals surface area contributed by atoms with Crippen molar-refractivity contribution in [1.82, 2.24) is 4.90 Å². The van der Waals surface area contributed by atoms with Gasteiger partial charge in [-0.05, 0) is 56.0 Å². The summed E-state index contributed by atoms with van der Waals surface area (Å²) in [5.41, 5.74) is 7.07. The molecule has 0 bridgehead atoms. The number of nitrogens with two attached hydrogens (primary N) is 1. The van der Waals surface area contributed by atoms with Crippen LogP contribution in [-0.2, 0) is 6.54 Å². The van der Waals surface area contributed by atoms with Crippen molar-refractivity contribution in [3.05, 3.63) is 35.1 Å². The predicted octanol–water partition coefficient (Wildman–Crippen LogP) is 2.20. The molecule has 1 heterocycles. The Bertz CT molecular complexity index is 481. The van der Waals surface area contributed by atoms with Crippen molar-refractivity contribution in [2.45, 2.75) is 38.3 Å². The summed E-state index contributed by atoms with van der Waals surface area (Å²) >= 11 is 4.91. The van der Waals surface area contributed by atoms with Gasteiger partial charge in [-0.15, -0.1) is 0 Å². The summed E-state index contributed by atoms with van der Waals surface area (Å²) in [6, 6.07) is 5.27. The quantitative estimate of drug-likeness (QED) is 0.790. The van der Waals surface area contributed by atoms with Crippen LogP contribution in [0.5, 0.6) is 0 Å². The number of thiocarbonyl (C=S) groups is 1. The number of aliphatic hydroxyl groups excluding tert-OH is 1. The first-order valence-corrected chi connectivity index (χ1v) is 7.45. The molecule has 1 aromatic carbocycles. The van der Waals surface area contributed by atoms with E-state index in [4.69, 9.17) is 23.1 Å². The molecule has 1 saturated heterocycles. The molecular weight excluding hydrogens is 275 g/mol. The molecule has 0 aliphatic carbocycles. The second-order valence-electron chi connectivity index (χ2n) is 5.34. The van der Waals surface area contributed by atoms with Crippen LogP contribution >= 0.6 is 12.2 Å². The Hall–Kier alpha value is -1.04. The van der Waals surface area contributed by atoms with Gasteiger partial charge in [-0.25, -0.2) is 4.39 Å². The van der Waals surface area contributed by atoms with Crippen molar-refractivity contribution in [2.75, 3.05) is 13.2 Å². The Morgan fingerprint density at radius 1 is 1.45 bits per heavy atom. The Morgan fingerprint density at radius 2 is 2.25 bits per heavy atom. The minimum atomic E-state index is -0.295. The minimum Gasteiger partial charge on any atom is -0.396 e. The standard InChI is InChI=1S/C15H21FN2OS/c16-13-8-11(7-12(9-13)15(17)20)10-18-5-1-3-14(18)4-2-6-19/h7-9,14,19H,1-6,10H2,(H2,17,20). The molecule has 20 heavy (non-hydrogen) atoms. The van der Waals surface area contributed by atoms with Gasteiger partial charge in [-0.1, -0.05) is 12.2 Å². The Balaban J connectivity index is 2.07. The first kappa shape index (κ1) is 15.4. The maximum Gasteiger partial charge on any atom is 0.124 e. The number of hydrogen-bond donors (Lipinski definition) is 2. The van der Waals surface area contributed by atoms with Crippen molar-refractivity contribution in [2.24, 2.45) is 5.73 Å². The molecule has 0 radical (unpaired) electrons. The van der Waals surface area contributed by atoms with E-state index in [1.165, 1.54) is 6.07 Å². The van der Waals surface area contributed by atoms with E-state index < -0.39 is 0 Å². The molecule has 1 aromatic rings. The minimum absolute atomic E-state index is 0.226. The molecule has 1 aliphatic rings. The molecular formula is C15H21FN2OS. The van der Waals surface area contributed by atoms with E-state index in [1.807, 2.05) is 6.07 Å². The SMILES string of the molecule is NC(=S)c1cc(F)cc(CN2CCCC2CCCO)c1. The molecule has 0 amide bonds. The second-order valence-corrected chi connectivity index (χ2v) is 5.78. The van der Waals surface area contributed by atoms with Crippen molar-refractivity contribution in [1.29, 1.82) is 0 Å². The van der Waals surface area contributed by atoms with Crippen molar-refractivity contribution in [3.63, 3.8) is 0 Å². The van der Waals surface area contributed by atoms with Gasteiger partial charge >= 0.3 is 0 Å². The highest BCUT2D eigenvalue weighted by molar-refractivity contribution is 7.80. The third-order valence-corrected chi connectivity index (χ3v) is 4.06. The number of nitrogens with zero attached hydrogens (tertiary/aromatic N) is 1. The van der Waals surface area contributed by atoms with Crippen LogP contribution in [0.1, 0.15) is 36.8 Å². The summed E-state index contributed by atoms with van der Waals surface area (Å²) < 4.78 is 13.6. The lowest BCUT2D eigenvalue weighted by molar-refractivity contribution is 0.210. The molecule has 1 aliphatic heterocycles. The van der Waals surface area contributed by atoms with E-state index >= 15 is 0 Å². The van der Waals surface area contributed by atoms with E-state index in [9.17, 15) is 4.39 Å². The number of rotatable bonds is 6. The van der Waals surface area contributed by atoms with Crippen LogP contribution < -0.4 is 5.73 Å². The molecule has 3 N–H and O–H groups in total. The molecule has 1 unspecified atom stereocenters. The van der Waals surface area contributed by atoms with Crippen LogP contribution in [0.4, 0.5) is 4.39 Å². The van der Waals surface area contributed by atoms with Gasteiger partial charge in [-0.2, -0.15) is 0 Å². The first-order chi connectivity index (χ1) is 9.60. The van der Waals surface area contributed by atoms with Crippen LogP contribution in [0.15, 0.2) is 18.2 Å². The Morgan fingerprint density at radius 3 is 2.95 bits per heavy atom. The largest absolute Gasteiger partial charge is 0.396 e. The Kier molecular flexibility index (Phi) is 5.46. The van der Waals surface area contributed by atoms with E-state index in [2.05, 4.69) is 4.90 Å². The normalized spacial score (nSPS) is 19.4. The number of halogens is 1. The van der Waals surface area contributed by atoms with Crippen LogP contribution in [0, 0.1) is 5.82 Å². The number of aliphatic hydroxyl groups is 1. The third-order valence-electron chi connectivity index (χ3n) is 3.82. The zero-order valence-electron chi connectivity index (χ0n) is 11.5. The fourth-order valence-corrected chi connectivity index (χ4v) is 2.99. The highest BCUT2D eigenvalue weighted by Crippen LogP contribution is 2.24. The zero-order chi connectivity index (χ0) is 14.5. The van der Waals surface area contributed by atoms with Crippen molar-refractivity contribution in [3.8, 4) is 0 Å². The molecule has 1 atom stereocenters. The molecule has 2 rings (SSSR count). The van der Waals surface area contributed by atoms with Crippen LogP contribution in [-0.4, -0.2) is 34.2 Å². The van der Waals surface area contributed by atoms with Crippen LogP contribution in [0.2, 0.25) is 0 Å². The van der Waals surface area contributed by atoms with Gasteiger partial charge in [0.1, 0.15) is 10.8 Å². The topological polar surface area (TPSA) is 49.5 Å². The predicted molar refractivity (Wildman–Crippen MR) is 82.0 cm³/mol. The highest BCUT2D eigenvalue weighted by atomic mass is 32.1. The van der Waals surface area contributed by atoms with Gasteiger partial charge in [0.25, 0.3) is 0 Å². The van der Waals surface area contributed by atoms with Crippen LogP contribution in [0.3, 0.4) is 0 Å². The zero-order valence-corrected chi connectivity index (χ0v) is 12.3. The summed E-state index contributed by atoms with van der Waals surface area (Å²) in [5.74, 6) is -0.295. The lowest BCUT2D eigenvalue weighted by atomic mass is 10.1. The lowest BCUT2D eigenvalue weighted by Gasteiger charge is -2.24. The fourth-order valence-electron chi connectivity index (χ4n) is 2.88. The fraction of sp³-hybridized carbons (Fsp3) is 0.533. The maximum atomic E-state index is 13.6. The summed E-state index contributed by atoms with van der Waals surface area (Å²) in [7, 11) is 0. The molecule has 3 nitrogen and oxygen atoms in total. The van der Waals surface area contributed by atoms with E-state index in [-0.39, 0.29) is 17.4 Å². The van der Waals surface area contributed by atoms with Gasteiger partial charge in [0.05, 0.1) is 0 Å². The monoisotopic (exact) mass is 296 g/mol. The Labute approximate surface area is 124 Å². The third kappa shape index (κ3) is 3.98. The summed E-state index contributed by atoms with van der Waals surface area (Å²) in [5, 5.41) is 8.94. The van der Waals surface area contributed by atoms with Gasteiger partial charge in [0, 0.05) is 24.8 Å². The number of hydrogen-bond acceptors (Lipinski definition) is 3. The van der Waals surface area contributed by atoms with E-state index in [1.54, 1.807) is 6.07 Å². The molecule has 0 saturated carbocycles. The highest BCUT2D eigenvalue weighted by Gasteiger charge is 2.24. The van der Waals surface area contributed by atoms with Gasteiger partial charge in [-0.3, -0.25) is 4.90 Å². The van der Waals surface area contributed by atoms with Gasteiger partial charge in [0.15, 0.2) is 0 Å². The molecule has 1 fully saturated rings. The molecule has 0 aromatic heterocycles. The molecule has 0 spiro atoms. The van der Waals surface area contributed by atoms with Crippen LogP contribution in [0.25, 0.3) is 0 Å². The van der Waals surface area contributed by atoms with Crippen molar-refractivity contribution >= 4 is 17.2 Å². The van der Waals surface area contributed by atoms with Gasteiger partial charge < -0.3 is 10.8 Å². The maximum absolute atomic E-state index is 13.6. The lowest BCUT2D eigenvalue weighted by Crippen LogP contribution is -2.29. The number of likely N-dealkylation sites (tertiary alicyclic amines) is 1. The van der Waals surface area contributed by atoms with Gasteiger partial charge in [0.2, 0.25) is 0 Å². The van der Waals surface area contributed by atoms with Crippen molar-refractivity contribution < 1.29 is 9.50 Å². The number of benzene rings is 1. The van der Waals surface area contributed by atoms with E-state index in [0.717, 1.165) is 37.8 Å². The average Bonchev–Trinajstić information content (AvgIpc) is 2.83. The molecule has 5 heteroatoms. The summed E-state index contributed by atoms with van der Waals surface area (Å²) in [4.78, 5) is 2.58. The first-order valence-electron chi connectivity index (χ1n) is 7.04. The average molecular weight is 296 g/mol. The molecule has 110 valence electrons.